The number of aromatic nitrogens is 2. The average Bonchev–Trinajstić information content (AvgIpc) is 2.98. The number of imidazole rings is 1. The van der Waals surface area contributed by atoms with Crippen LogP contribution in [-0.2, 0) is 16.1 Å². The van der Waals surface area contributed by atoms with Crippen LogP contribution in [0.4, 0.5) is 0 Å². The van der Waals surface area contributed by atoms with Crippen molar-refractivity contribution < 1.29 is 9.53 Å². The van der Waals surface area contributed by atoms with E-state index in [1.54, 1.807) is 0 Å². The van der Waals surface area contributed by atoms with E-state index in [0.717, 1.165) is 16.6 Å². The molecule has 1 aromatic heterocycles. The molecule has 0 fully saturated rings. The van der Waals surface area contributed by atoms with E-state index in [9.17, 15) is 4.79 Å². The van der Waals surface area contributed by atoms with Crippen LogP contribution < -0.4 is 5.32 Å². The summed E-state index contributed by atoms with van der Waals surface area (Å²) < 4.78 is 5.31. The fourth-order valence-corrected chi connectivity index (χ4v) is 2.32. The van der Waals surface area contributed by atoms with Gasteiger partial charge in [-0.05, 0) is 17.7 Å². The van der Waals surface area contributed by atoms with Crippen molar-refractivity contribution in [1.29, 1.82) is 0 Å². The maximum atomic E-state index is 12.3. The van der Waals surface area contributed by atoms with Crippen LogP contribution in [0.1, 0.15) is 17.5 Å². The summed E-state index contributed by atoms with van der Waals surface area (Å²) in [5, 5.41) is 2.87. The number of aromatic amines is 1. The van der Waals surface area contributed by atoms with Crippen molar-refractivity contribution in [3.8, 4) is 0 Å². The maximum absolute atomic E-state index is 12.3. The van der Waals surface area contributed by atoms with Crippen LogP contribution in [0.15, 0.2) is 54.6 Å². The predicted molar refractivity (Wildman–Crippen MR) is 84.1 cm³/mol. The van der Waals surface area contributed by atoms with Gasteiger partial charge >= 0.3 is 0 Å². The first-order chi connectivity index (χ1) is 10.8. The zero-order valence-corrected chi connectivity index (χ0v) is 12.2. The number of amides is 1. The first kappa shape index (κ1) is 14.3. The first-order valence-corrected chi connectivity index (χ1v) is 7.07. The Morgan fingerprint density at radius 2 is 1.91 bits per heavy atom. The zero-order chi connectivity index (χ0) is 15.4. The molecule has 22 heavy (non-hydrogen) atoms. The van der Waals surface area contributed by atoms with Crippen molar-refractivity contribution in [2.75, 3.05) is 7.11 Å². The molecule has 1 amide bonds. The Kier molecular flexibility index (Phi) is 4.16. The van der Waals surface area contributed by atoms with Gasteiger partial charge in [0.1, 0.15) is 5.82 Å². The fraction of sp³-hybridized carbons (Fsp3) is 0.176. The van der Waals surface area contributed by atoms with E-state index >= 15 is 0 Å². The lowest BCUT2D eigenvalue weighted by atomic mass is 10.2. The van der Waals surface area contributed by atoms with Gasteiger partial charge in [-0.2, -0.15) is 0 Å². The van der Waals surface area contributed by atoms with Crippen LogP contribution in [0.2, 0.25) is 0 Å². The van der Waals surface area contributed by atoms with Crippen molar-refractivity contribution in [2.24, 2.45) is 0 Å². The van der Waals surface area contributed by atoms with Crippen molar-refractivity contribution in [3.05, 3.63) is 66.0 Å². The second-order valence-electron chi connectivity index (χ2n) is 4.96. The Balaban J connectivity index is 1.74. The number of para-hydroxylation sites is 2. The van der Waals surface area contributed by atoms with Gasteiger partial charge in [0.05, 0.1) is 11.0 Å². The minimum absolute atomic E-state index is 0.217. The van der Waals surface area contributed by atoms with E-state index in [1.165, 1.54) is 7.11 Å². The van der Waals surface area contributed by atoms with Crippen LogP contribution in [-0.4, -0.2) is 23.0 Å². The molecule has 2 N–H and O–H groups in total. The summed E-state index contributed by atoms with van der Waals surface area (Å²) in [7, 11) is 1.50. The summed E-state index contributed by atoms with van der Waals surface area (Å²) in [4.78, 5) is 19.9. The van der Waals surface area contributed by atoms with Gasteiger partial charge in [-0.15, -0.1) is 0 Å². The highest BCUT2D eigenvalue weighted by Crippen LogP contribution is 2.18. The van der Waals surface area contributed by atoms with E-state index in [-0.39, 0.29) is 5.91 Å². The van der Waals surface area contributed by atoms with Crippen molar-refractivity contribution in [1.82, 2.24) is 15.3 Å². The Hall–Kier alpha value is -2.66. The number of carbonyl (C=O) groups is 1. The molecule has 1 heterocycles. The number of methoxy groups -OCH3 is 1. The highest BCUT2D eigenvalue weighted by molar-refractivity contribution is 5.83. The third-order valence-electron chi connectivity index (χ3n) is 3.44. The third-order valence-corrected chi connectivity index (χ3v) is 3.44. The SMILES string of the molecule is COC(C(=O)NCc1ccccc1)c1nc2ccccc2[nH]1. The molecular formula is C17H17N3O2. The third kappa shape index (κ3) is 2.99. The number of nitrogens with one attached hydrogen (secondary N) is 2. The second-order valence-corrected chi connectivity index (χ2v) is 4.96. The Morgan fingerprint density at radius 1 is 1.18 bits per heavy atom. The van der Waals surface area contributed by atoms with E-state index in [2.05, 4.69) is 15.3 Å². The maximum Gasteiger partial charge on any atom is 0.257 e. The Bertz CT molecular complexity index is 735. The molecule has 5 nitrogen and oxygen atoms in total. The summed E-state index contributed by atoms with van der Waals surface area (Å²) in [5.41, 5.74) is 2.74. The van der Waals surface area contributed by atoms with Gasteiger partial charge in [0, 0.05) is 13.7 Å². The molecule has 0 saturated heterocycles. The molecule has 0 spiro atoms. The summed E-state index contributed by atoms with van der Waals surface area (Å²) in [6, 6.07) is 17.4. The number of hydrogen-bond acceptors (Lipinski definition) is 3. The normalized spacial score (nSPS) is 12.2. The van der Waals surface area contributed by atoms with Crippen molar-refractivity contribution in [3.63, 3.8) is 0 Å². The smallest absolute Gasteiger partial charge is 0.257 e. The molecular weight excluding hydrogens is 278 g/mol. The predicted octanol–water partition coefficient (Wildman–Crippen LogP) is 2.57. The molecule has 112 valence electrons. The van der Waals surface area contributed by atoms with Gasteiger partial charge in [0.25, 0.3) is 5.91 Å². The summed E-state index contributed by atoms with van der Waals surface area (Å²) in [6.45, 7) is 0.458. The van der Waals surface area contributed by atoms with Crippen molar-refractivity contribution >= 4 is 16.9 Å². The highest BCUT2D eigenvalue weighted by atomic mass is 16.5. The van der Waals surface area contributed by atoms with Gasteiger partial charge in [-0.25, -0.2) is 4.98 Å². The molecule has 5 heteroatoms. The number of nitrogens with zero attached hydrogens (tertiary/aromatic N) is 1. The largest absolute Gasteiger partial charge is 0.364 e. The Labute approximate surface area is 128 Å². The Morgan fingerprint density at radius 3 is 2.64 bits per heavy atom. The number of ether oxygens (including phenoxy) is 1. The number of benzene rings is 2. The fourth-order valence-electron chi connectivity index (χ4n) is 2.32. The van der Waals surface area contributed by atoms with Crippen LogP contribution in [0.3, 0.4) is 0 Å². The molecule has 1 unspecified atom stereocenters. The summed E-state index contributed by atoms with van der Waals surface area (Å²) >= 11 is 0. The topological polar surface area (TPSA) is 67.0 Å². The van der Waals surface area contributed by atoms with Gasteiger partial charge in [-0.1, -0.05) is 42.5 Å². The molecule has 0 saturated carbocycles. The minimum atomic E-state index is -0.754. The van der Waals surface area contributed by atoms with Gasteiger partial charge in [0.15, 0.2) is 6.10 Å². The number of fused-ring (bicyclic) bond motifs is 1. The van der Waals surface area contributed by atoms with Crippen molar-refractivity contribution in [2.45, 2.75) is 12.6 Å². The molecule has 0 radical (unpaired) electrons. The lowest BCUT2D eigenvalue weighted by Crippen LogP contribution is -2.30. The molecule has 0 aliphatic rings. The second kappa shape index (κ2) is 6.41. The lowest BCUT2D eigenvalue weighted by molar-refractivity contribution is -0.132. The van der Waals surface area contributed by atoms with E-state index in [4.69, 9.17) is 4.74 Å². The molecule has 1 atom stereocenters. The highest BCUT2D eigenvalue weighted by Gasteiger charge is 2.23. The quantitative estimate of drug-likeness (QED) is 0.760. The molecule has 0 aliphatic carbocycles. The summed E-state index contributed by atoms with van der Waals surface area (Å²) in [6.07, 6.45) is -0.754. The van der Waals surface area contributed by atoms with Gasteiger partial charge < -0.3 is 15.0 Å². The molecule has 0 aliphatic heterocycles. The van der Waals surface area contributed by atoms with Crippen LogP contribution in [0.5, 0.6) is 0 Å². The average molecular weight is 295 g/mol. The van der Waals surface area contributed by atoms with Gasteiger partial charge in [0.2, 0.25) is 0 Å². The van der Waals surface area contributed by atoms with Gasteiger partial charge in [-0.3, -0.25) is 4.79 Å². The molecule has 3 rings (SSSR count). The first-order valence-electron chi connectivity index (χ1n) is 7.07. The minimum Gasteiger partial charge on any atom is -0.364 e. The number of hydrogen-bond donors (Lipinski definition) is 2. The number of H-pyrrole nitrogens is 1. The molecule has 2 aromatic carbocycles. The monoisotopic (exact) mass is 295 g/mol. The zero-order valence-electron chi connectivity index (χ0n) is 12.2. The number of rotatable bonds is 5. The summed E-state index contributed by atoms with van der Waals surface area (Å²) in [5.74, 6) is 0.291. The molecule has 0 bridgehead atoms. The van der Waals surface area contributed by atoms with Crippen LogP contribution in [0, 0.1) is 0 Å². The van der Waals surface area contributed by atoms with E-state index in [0.29, 0.717) is 12.4 Å². The standard InChI is InChI=1S/C17H17N3O2/c1-22-15(16-19-13-9-5-6-10-14(13)20-16)17(21)18-11-12-7-3-2-4-8-12/h2-10,15H,11H2,1H3,(H,18,21)(H,19,20). The van der Waals surface area contributed by atoms with E-state index in [1.807, 2.05) is 54.6 Å². The lowest BCUT2D eigenvalue weighted by Gasteiger charge is -2.13. The molecule has 3 aromatic rings. The van der Waals surface area contributed by atoms with Crippen LogP contribution >= 0.6 is 0 Å². The van der Waals surface area contributed by atoms with Crippen LogP contribution in [0.25, 0.3) is 11.0 Å². The van der Waals surface area contributed by atoms with E-state index < -0.39 is 6.10 Å². The number of carbonyl (C=O) groups excluding carboxylic acids is 1.